The molecule has 1 N–H and O–H groups in total. The van der Waals surface area contributed by atoms with Crippen molar-refractivity contribution in [3.63, 3.8) is 0 Å². The highest BCUT2D eigenvalue weighted by Crippen LogP contribution is 2.22. The monoisotopic (exact) mass is 358 g/mol. The van der Waals surface area contributed by atoms with Gasteiger partial charge in [0.05, 0.1) is 23.7 Å². The fourth-order valence-corrected chi connectivity index (χ4v) is 4.16. The second-order valence-electron chi connectivity index (χ2n) is 7.50. The molecule has 1 amide bonds. The van der Waals surface area contributed by atoms with E-state index in [4.69, 9.17) is 4.74 Å². The van der Waals surface area contributed by atoms with Crippen LogP contribution in [0.1, 0.15) is 32.7 Å². The molecule has 0 saturated carbocycles. The molecule has 7 nitrogen and oxygen atoms in total. The third-order valence-corrected chi connectivity index (χ3v) is 5.44. The Morgan fingerprint density at radius 2 is 2.08 bits per heavy atom. The summed E-state index contributed by atoms with van der Waals surface area (Å²) in [6, 6.07) is 7.53. The number of fused-ring (bicyclic) bond motifs is 2. The number of nitrogens with one attached hydrogen (secondary N) is 1. The molecule has 2 atom stereocenters. The van der Waals surface area contributed by atoms with Crippen molar-refractivity contribution in [2.24, 2.45) is 0 Å². The molecule has 0 bridgehead atoms. The van der Waals surface area contributed by atoms with E-state index in [0.717, 1.165) is 25.2 Å². The molecule has 2 aliphatic rings. The summed E-state index contributed by atoms with van der Waals surface area (Å²) in [6.45, 7) is 6.98. The SMILES string of the molecule is CC(C)n1c(=O)n(C(=O)NC[C@H]2CN3CCC[C@@H]3CO2)c2ccccc21. The first-order valence-corrected chi connectivity index (χ1v) is 9.42. The smallest absolute Gasteiger partial charge is 0.337 e. The van der Waals surface area contributed by atoms with Gasteiger partial charge in [-0.1, -0.05) is 12.1 Å². The van der Waals surface area contributed by atoms with E-state index in [2.05, 4.69) is 10.2 Å². The van der Waals surface area contributed by atoms with E-state index in [0.29, 0.717) is 18.1 Å². The van der Waals surface area contributed by atoms with E-state index in [-0.39, 0.29) is 17.8 Å². The normalized spacial score (nSPS) is 23.5. The zero-order valence-electron chi connectivity index (χ0n) is 15.4. The minimum Gasteiger partial charge on any atom is -0.373 e. The predicted octanol–water partition coefficient (Wildman–Crippen LogP) is 1.80. The van der Waals surface area contributed by atoms with Gasteiger partial charge in [-0.2, -0.15) is 0 Å². The van der Waals surface area contributed by atoms with Crippen molar-refractivity contribution in [2.45, 2.75) is 44.9 Å². The van der Waals surface area contributed by atoms with Crippen LogP contribution in [0.2, 0.25) is 0 Å². The number of hydrogen-bond acceptors (Lipinski definition) is 4. The van der Waals surface area contributed by atoms with Crippen LogP contribution in [-0.2, 0) is 4.74 Å². The Hall–Kier alpha value is -2.12. The summed E-state index contributed by atoms with van der Waals surface area (Å²) in [7, 11) is 0. The molecular weight excluding hydrogens is 332 g/mol. The van der Waals surface area contributed by atoms with Crippen molar-refractivity contribution >= 4 is 17.1 Å². The highest BCUT2D eigenvalue weighted by molar-refractivity contribution is 5.89. The maximum absolute atomic E-state index is 12.8. The number of rotatable bonds is 3. The van der Waals surface area contributed by atoms with Crippen LogP contribution in [-0.4, -0.2) is 58.5 Å². The molecule has 2 aliphatic heterocycles. The molecule has 7 heteroatoms. The van der Waals surface area contributed by atoms with Crippen molar-refractivity contribution < 1.29 is 9.53 Å². The fraction of sp³-hybridized carbons (Fsp3) is 0.579. The number of nitrogens with zero attached hydrogens (tertiary/aromatic N) is 3. The second-order valence-corrected chi connectivity index (χ2v) is 7.50. The summed E-state index contributed by atoms with van der Waals surface area (Å²) < 4.78 is 8.78. The lowest BCUT2D eigenvalue weighted by Gasteiger charge is -2.35. The minimum absolute atomic E-state index is 0.0183. The Balaban J connectivity index is 1.52. The molecule has 4 rings (SSSR count). The Morgan fingerprint density at radius 1 is 1.31 bits per heavy atom. The highest BCUT2D eigenvalue weighted by Gasteiger charge is 2.32. The van der Waals surface area contributed by atoms with Gasteiger partial charge in [0.1, 0.15) is 0 Å². The summed E-state index contributed by atoms with van der Waals surface area (Å²) in [5, 5.41) is 2.89. The summed E-state index contributed by atoms with van der Waals surface area (Å²) in [5.74, 6) is 0. The maximum Gasteiger partial charge on any atom is 0.337 e. The molecule has 2 saturated heterocycles. The molecular formula is C19H26N4O3. The first-order chi connectivity index (χ1) is 12.6. The van der Waals surface area contributed by atoms with Gasteiger partial charge in [0.15, 0.2) is 0 Å². The molecule has 1 aromatic carbocycles. The van der Waals surface area contributed by atoms with Gasteiger partial charge in [-0.3, -0.25) is 9.47 Å². The standard InChI is InChI=1S/C19H26N4O3/c1-13(2)22-16-7-3-4-8-17(16)23(19(22)25)18(24)20-10-15-11-21-9-5-6-14(21)12-26-15/h3-4,7-8,13-15H,5-6,9-12H2,1-2H3,(H,20,24)/t14-,15+/m1/s1. The quantitative estimate of drug-likeness (QED) is 0.909. The Bertz CT molecular complexity index is 869. The average Bonchev–Trinajstić information content (AvgIpc) is 3.20. The number of benzene rings is 1. The molecule has 0 spiro atoms. The Labute approximate surface area is 152 Å². The zero-order chi connectivity index (χ0) is 18.3. The molecule has 2 fully saturated rings. The lowest BCUT2D eigenvalue weighted by molar-refractivity contribution is -0.0457. The first kappa shape index (κ1) is 17.3. The second kappa shape index (κ2) is 6.89. The van der Waals surface area contributed by atoms with E-state index < -0.39 is 6.03 Å². The van der Waals surface area contributed by atoms with Crippen molar-refractivity contribution in [3.8, 4) is 0 Å². The van der Waals surface area contributed by atoms with Crippen LogP contribution in [0.3, 0.4) is 0 Å². The van der Waals surface area contributed by atoms with E-state index in [1.54, 1.807) is 10.6 Å². The van der Waals surface area contributed by atoms with Gasteiger partial charge in [0, 0.05) is 25.2 Å². The van der Waals surface area contributed by atoms with Gasteiger partial charge in [-0.05, 0) is 45.4 Å². The van der Waals surface area contributed by atoms with Crippen LogP contribution in [0.4, 0.5) is 4.79 Å². The highest BCUT2D eigenvalue weighted by atomic mass is 16.5. The molecule has 3 heterocycles. The summed E-state index contributed by atoms with van der Waals surface area (Å²) in [6.07, 6.45) is 2.39. The zero-order valence-corrected chi connectivity index (χ0v) is 15.4. The van der Waals surface area contributed by atoms with Gasteiger partial charge < -0.3 is 10.1 Å². The van der Waals surface area contributed by atoms with Crippen LogP contribution < -0.4 is 11.0 Å². The molecule has 0 aliphatic carbocycles. The fourth-order valence-electron chi connectivity index (χ4n) is 4.16. The number of imidazole rings is 1. The van der Waals surface area contributed by atoms with Crippen LogP contribution in [0, 0.1) is 0 Å². The van der Waals surface area contributed by atoms with Crippen LogP contribution in [0.15, 0.2) is 29.1 Å². The van der Waals surface area contributed by atoms with E-state index in [9.17, 15) is 9.59 Å². The van der Waals surface area contributed by atoms with E-state index in [1.165, 1.54) is 17.4 Å². The minimum atomic E-state index is -0.391. The van der Waals surface area contributed by atoms with Crippen LogP contribution >= 0.6 is 0 Å². The summed E-state index contributed by atoms with van der Waals surface area (Å²) in [4.78, 5) is 28.0. The number of ether oxygens (including phenoxy) is 1. The third-order valence-electron chi connectivity index (χ3n) is 5.44. The van der Waals surface area contributed by atoms with Gasteiger partial charge in [0.2, 0.25) is 0 Å². The van der Waals surface area contributed by atoms with Gasteiger partial charge in [-0.25, -0.2) is 14.2 Å². The van der Waals surface area contributed by atoms with Gasteiger partial charge in [-0.15, -0.1) is 0 Å². The average molecular weight is 358 g/mol. The molecule has 140 valence electrons. The largest absolute Gasteiger partial charge is 0.373 e. The molecule has 26 heavy (non-hydrogen) atoms. The number of morpholine rings is 1. The molecule has 0 unspecified atom stereocenters. The van der Waals surface area contributed by atoms with Crippen molar-refractivity contribution in [2.75, 3.05) is 26.2 Å². The lowest BCUT2D eigenvalue weighted by atomic mass is 10.2. The van der Waals surface area contributed by atoms with Gasteiger partial charge >= 0.3 is 11.7 Å². The maximum atomic E-state index is 12.8. The molecule has 1 aromatic heterocycles. The number of amides is 1. The van der Waals surface area contributed by atoms with Crippen molar-refractivity contribution in [3.05, 3.63) is 34.7 Å². The number of carbonyl (C=O) groups is 1. The Kier molecular flexibility index (Phi) is 4.58. The van der Waals surface area contributed by atoms with E-state index >= 15 is 0 Å². The summed E-state index contributed by atoms with van der Waals surface area (Å²) >= 11 is 0. The van der Waals surface area contributed by atoms with Crippen LogP contribution in [0.25, 0.3) is 11.0 Å². The topological polar surface area (TPSA) is 68.5 Å². The summed E-state index contributed by atoms with van der Waals surface area (Å²) in [5.41, 5.74) is 1.10. The number of carbonyl (C=O) groups excluding carboxylic acids is 1. The van der Waals surface area contributed by atoms with Crippen LogP contribution in [0.5, 0.6) is 0 Å². The van der Waals surface area contributed by atoms with Crippen molar-refractivity contribution in [1.82, 2.24) is 19.4 Å². The lowest BCUT2D eigenvalue weighted by Crippen LogP contribution is -2.51. The predicted molar refractivity (Wildman–Crippen MR) is 99.7 cm³/mol. The molecule has 0 radical (unpaired) electrons. The third kappa shape index (κ3) is 2.95. The first-order valence-electron chi connectivity index (χ1n) is 9.42. The number of aromatic nitrogens is 2. The van der Waals surface area contributed by atoms with E-state index in [1.807, 2.05) is 32.0 Å². The van der Waals surface area contributed by atoms with Gasteiger partial charge in [0.25, 0.3) is 0 Å². The molecule has 2 aromatic rings. The van der Waals surface area contributed by atoms with Crippen molar-refractivity contribution in [1.29, 1.82) is 0 Å². The number of hydrogen-bond donors (Lipinski definition) is 1. The Morgan fingerprint density at radius 3 is 2.85 bits per heavy atom. The number of para-hydroxylation sites is 2.